The first-order valence-corrected chi connectivity index (χ1v) is 22.3. The molecule has 2 aliphatic heterocycles. The third kappa shape index (κ3) is 3.75. The van der Waals surface area contributed by atoms with Crippen molar-refractivity contribution in [3.8, 4) is 11.1 Å². The van der Waals surface area contributed by atoms with E-state index in [1.165, 1.54) is 132 Å². The third-order valence-corrected chi connectivity index (χ3v) is 16.6. The number of fused-ring (bicyclic) bond motifs is 18. The lowest BCUT2D eigenvalue weighted by molar-refractivity contribution is 1.28. The molecule has 0 radical (unpaired) electrons. The molecule has 0 aliphatic carbocycles. The summed E-state index contributed by atoms with van der Waals surface area (Å²) in [5.74, 6) is 0. The number of benzene rings is 9. The lowest BCUT2D eigenvalue weighted by Gasteiger charge is -2.41. The van der Waals surface area contributed by atoms with Gasteiger partial charge in [-0.25, -0.2) is 0 Å². The lowest BCUT2D eigenvalue weighted by Crippen LogP contribution is -2.56. The summed E-state index contributed by atoms with van der Waals surface area (Å²) in [6.45, 7) is -0.0257. The number of rotatable bonds is 1. The summed E-state index contributed by atoms with van der Waals surface area (Å²) in [5, 5.41) is 13.1. The van der Waals surface area contributed by atoms with Crippen molar-refractivity contribution in [2.75, 3.05) is 4.90 Å². The van der Waals surface area contributed by atoms with E-state index in [2.05, 4.69) is 173 Å². The maximum atomic E-state index is 2.72. The van der Waals surface area contributed by atoms with Crippen molar-refractivity contribution >= 4 is 162 Å². The normalized spacial score (nSPS) is 13.4. The average Bonchev–Trinajstić information content (AvgIpc) is 4.02. The van der Waals surface area contributed by atoms with E-state index in [4.69, 9.17) is 0 Å². The van der Waals surface area contributed by atoms with E-state index in [0.29, 0.717) is 0 Å². The number of thiophene rings is 3. The van der Waals surface area contributed by atoms with Crippen molar-refractivity contribution < 1.29 is 0 Å². The summed E-state index contributed by atoms with van der Waals surface area (Å²) < 4.78 is 10.7. The highest BCUT2D eigenvalue weighted by Gasteiger charge is 2.44. The summed E-state index contributed by atoms with van der Waals surface area (Å²) in [6.07, 6.45) is 0. The molecule has 4 aromatic heterocycles. The zero-order valence-corrected chi connectivity index (χ0v) is 33.2. The SMILES string of the molecule is c1ccc2cc3c(cc2c1)c1cccc2c1n3B1c3cc4sc5ccccc5c4cc3N(c3ccc4sc5ccccc5c4c3)c3c1c-2cc1c3sc2ccccc21. The highest BCUT2D eigenvalue weighted by atomic mass is 32.1. The molecule has 6 heteroatoms. The summed E-state index contributed by atoms with van der Waals surface area (Å²) in [5.41, 5.74) is 11.8. The number of anilines is 3. The van der Waals surface area contributed by atoms with Crippen LogP contribution in [0.25, 0.3) is 104 Å². The standard InChI is InChI=1S/C52H27BN2S3/c1-2-11-29-23-42-36(22-28(29)10-1)34-15-9-16-35-39-25-40-33-14-5-8-19-46(33)58-52(40)51-49(39)53(55(42)50(34)35)41-27-48-38(32-13-4-7-18-45(32)57-48)26-43(41)54(51)30-20-21-47-37(24-30)31-12-3-6-17-44(31)56-47/h1-27H. The summed E-state index contributed by atoms with van der Waals surface area (Å²) in [7, 11) is 0. The van der Waals surface area contributed by atoms with Gasteiger partial charge in [-0.3, -0.25) is 0 Å². The Labute approximate surface area is 344 Å². The molecule has 2 aliphatic rings. The molecule has 0 N–H and O–H groups in total. The van der Waals surface area contributed by atoms with Crippen LogP contribution in [-0.2, 0) is 0 Å². The van der Waals surface area contributed by atoms with Crippen LogP contribution in [0.2, 0.25) is 0 Å². The highest BCUT2D eigenvalue weighted by molar-refractivity contribution is 7.27. The van der Waals surface area contributed by atoms with Gasteiger partial charge in [-0.2, -0.15) is 0 Å². The molecule has 2 nitrogen and oxygen atoms in total. The smallest absolute Gasteiger partial charge is 0.333 e. The zero-order chi connectivity index (χ0) is 37.4. The Morgan fingerprint density at radius 3 is 1.84 bits per heavy atom. The molecule has 266 valence electrons. The van der Waals surface area contributed by atoms with Crippen LogP contribution in [0.1, 0.15) is 0 Å². The lowest BCUT2D eigenvalue weighted by atomic mass is 9.45. The van der Waals surface area contributed by atoms with Crippen LogP contribution in [0.4, 0.5) is 17.1 Å². The monoisotopic (exact) mass is 786 g/mol. The van der Waals surface area contributed by atoms with Gasteiger partial charge in [0.15, 0.2) is 0 Å². The molecule has 0 amide bonds. The van der Waals surface area contributed by atoms with Crippen LogP contribution in [0.3, 0.4) is 0 Å². The summed E-state index contributed by atoms with van der Waals surface area (Å²) >= 11 is 5.75. The van der Waals surface area contributed by atoms with Gasteiger partial charge in [0.25, 0.3) is 0 Å². The average molecular weight is 787 g/mol. The molecule has 6 heterocycles. The molecular formula is C52H27BN2S3. The minimum Gasteiger partial charge on any atom is -0.375 e. The van der Waals surface area contributed by atoms with Gasteiger partial charge < -0.3 is 9.38 Å². The molecule has 15 rings (SSSR count). The fraction of sp³-hybridized carbons (Fsp3) is 0. The van der Waals surface area contributed by atoms with Gasteiger partial charge in [0.2, 0.25) is 0 Å². The minimum absolute atomic E-state index is 0.0257. The number of hydrogen-bond acceptors (Lipinski definition) is 4. The first kappa shape index (κ1) is 30.7. The van der Waals surface area contributed by atoms with Crippen LogP contribution in [0.15, 0.2) is 164 Å². The molecule has 0 unspecified atom stereocenters. The van der Waals surface area contributed by atoms with E-state index in [1.807, 2.05) is 34.0 Å². The quantitative estimate of drug-likeness (QED) is 0.151. The van der Waals surface area contributed by atoms with Gasteiger partial charge in [0, 0.05) is 94.6 Å². The van der Waals surface area contributed by atoms with Gasteiger partial charge in [0.05, 0.1) is 10.4 Å². The Balaban J connectivity index is 1.17. The first-order valence-electron chi connectivity index (χ1n) is 19.9. The number of aromatic nitrogens is 1. The van der Waals surface area contributed by atoms with E-state index in [1.54, 1.807) is 0 Å². The molecule has 0 spiro atoms. The Kier molecular flexibility index (Phi) is 5.68. The highest BCUT2D eigenvalue weighted by Crippen LogP contribution is 2.52. The molecule has 58 heavy (non-hydrogen) atoms. The molecular weight excluding hydrogens is 760 g/mol. The Morgan fingerprint density at radius 2 is 1.05 bits per heavy atom. The Bertz CT molecular complexity index is 4010. The molecule has 0 atom stereocenters. The maximum Gasteiger partial charge on any atom is 0.333 e. The molecule has 9 aromatic carbocycles. The van der Waals surface area contributed by atoms with Crippen LogP contribution < -0.4 is 15.8 Å². The van der Waals surface area contributed by atoms with E-state index in [0.717, 1.165) is 0 Å². The zero-order valence-electron chi connectivity index (χ0n) is 30.8. The van der Waals surface area contributed by atoms with Crippen LogP contribution in [0.5, 0.6) is 0 Å². The van der Waals surface area contributed by atoms with E-state index >= 15 is 0 Å². The fourth-order valence-corrected chi connectivity index (χ4v) is 14.2. The van der Waals surface area contributed by atoms with Crippen molar-refractivity contribution in [2.24, 2.45) is 0 Å². The maximum absolute atomic E-state index is 2.72. The topological polar surface area (TPSA) is 8.17 Å². The number of hydrogen-bond donors (Lipinski definition) is 0. The predicted molar refractivity (Wildman–Crippen MR) is 256 cm³/mol. The van der Waals surface area contributed by atoms with Crippen LogP contribution in [-0.4, -0.2) is 11.3 Å². The van der Waals surface area contributed by atoms with E-state index in [9.17, 15) is 0 Å². The Hall–Kier alpha value is -6.44. The van der Waals surface area contributed by atoms with Gasteiger partial charge >= 0.3 is 6.85 Å². The van der Waals surface area contributed by atoms with Crippen LogP contribution in [0, 0.1) is 0 Å². The van der Waals surface area contributed by atoms with Gasteiger partial charge in [-0.1, -0.05) is 97.1 Å². The largest absolute Gasteiger partial charge is 0.375 e. The molecule has 0 bridgehead atoms. The van der Waals surface area contributed by atoms with Crippen molar-refractivity contribution in [1.82, 2.24) is 4.48 Å². The minimum atomic E-state index is -0.0257. The molecule has 13 aromatic rings. The summed E-state index contributed by atoms with van der Waals surface area (Å²) in [4.78, 5) is 2.66. The molecule has 0 fully saturated rings. The Morgan fingerprint density at radius 1 is 0.414 bits per heavy atom. The van der Waals surface area contributed by atoms with Crippen molar-refractivity contribution in [1.29, 1.82) is 0 Å². The summed E-state index contributed by atoms with van der Waals surface area (Å²) in [6, 6.07) is 62.5. The first-order chi connectivity index (χ1) is 28.7. The third-order valence-electron chi connectivity index (χ3n) is 13.1. The molecule has 0 saturated carbocycles. The van der Waals surface area contributed by atoms with E-state index < -0.39 is 0 Å². The second-order valence-electron chi connectivity index (χ2n) is 16.0. The fourth-order valence-electron chi connectivity index (χ4n) is 10.7. The predicted octanol–water partition coefficient (Wildman–Crippen LogP) is 14.5. The second-order valence-corrected chi connectivity index (χ2v) is 19.2. The van der Waals surface area contributed by atoms with Crippen LogP contribution >= 0.6 is 34.0 Å². The van der Waals surface area contributed by atoms with E-state index in [-0.39, 0.29) is 6.85 Å². The number of nitrogens with zero attached hydrogens (tertiary/aromatic N) is 2. The van der Waals surface area contributed by atoms with Crippen molar-refractivity contribution in [3.05, 3.63) is 164 Å². The number of para-hydroxylation sites is 1. The molecule has 0 saturated heterocycles. The van der Waals surface area contributed by atoms with Gasteiger partial charge in [-0.05, 0) is 94.0 Å². The second kappa shape index (κ2) is 10.7. The van der Waals surface area contributed by atoms with Crippen molar-refractivity contribution in [2.45, 2.75) is 0 Å². The van der Waals surface area contributed by atoms with Crippen molar-refractivity contribution in [3.63, 3.8) is 0 Å². The van der Waals surface area contributed by atoms with Gasteiger partial charge in [-0.15, -0.1) is 34.0 Å². The van der Waals surface area contributed by atoms with Gasteiger partial charge in [0.1, 0.15) is 0 Å².